The highest BCUT2D eigenvalue weighted by atomic mass is 16.5. The molecule has 0 aliphatic rings. The van der Waals surface area contributed by atoms with Crippen LogP contribution >= 0.6 is 0 Å². The number of nitrogens with two attached hydrogens (primary N) is 1. The summed E-state index contributed by atoms with van der Waals surface area (Å²) in [6.45, 7) is 0. The maximum Gasteiger partial charge on any atom is 0.430 e. The number of aromatic nitrogens is 2. The smallest absolute Gasteiger partial charge is 0.430 e. The summed E-state index contributed by atoms with van der Waals surface area (Å²) in [4.78, 5) is 0. The molecule has 6 nitrogen and oxygen atoms in total. The molecule has 2 aromatic rings. The van der Waals surface area contributed by atoms with E-state index in [9.17, 15) is 10.4 Å². The molecule has 0 atom stereocenters. The number of nitrogens with zero attached hydrogens (tertiary/aromatic N) is 2. The molecular formula is C9H10N4O2. The molecule has 78 valence electrons. The second kappa shape index (κ2) is 3.16. The van der Waals surface area contributed by atoms with E-state index in [2.05, 4.69) is 5.32 Å². The van der Waals surface area contributed by atoms with Crippen molar-refractivity contribution in [2.24, 2.45) is 0 Å². The number of hydrogen-bond acceptors (Lipinski definition) is 4. The molecule has 0 aliphatic heterocycles. The normalized spacial score (nSPS) is 10.5. The zero-order chi connectivity index (χ0) is 11.0. The van der Waals surface area contributed by atoms with Gasteiger partial charge in [-0.15, -0.1) is 9.46 Å². The second-order valence-electron chi connectivity index (χ2n) is 3.14. The molecule has 1 aromatic carbocycles. The van der Waals surface area contributed by atoms with Crippen molar-refractivity contribution >= 4 is 22.3 Å². The Labute approximate surface area is 85.7 Å². The highest BCUT2D eigenvalue weighted by Gasteiger charge is 2.15. The van der Waals surface area contributed by atoms with Crippen LogP contribution in [0.3, 0.4) is 0 Å². The van der Waals surface area contributed by atoms with Crippen molar-refractivity contribution in [2.75, 3.05) is 18.1 Å². The number of nitrogen functional groups attached to an aromatic ring is 1. The first kappa shape index (κ1) is 9.32. The lowest BCUT2D eigenvalue weighted by Gasteiger charge is -2.07. The summed E-state index contributed by atoms with van der Waals surface area (Å²) in [5, 5.41) is 26.0. The zero-order valence-corrected chi connectivity index (χ0v) is 8.10. The van der Waals surface area contributed by atoms with E-state index >= 15 is 0 Å². The van der Waals surface area contributed by atoms with Crippen LogP contribution in [-0.4, -0.2) is 7.05 Å². The zero-order valence-electron chi connectivity index (χ0n) is 8.10. The van der Waals surface area contributed by atoms with Gasteiger partial charge in [-0.3, -0.25) is 0 Å². The van der Waals surface area contributed by atoms with E-state index in [-0.39, 0.29) is 0 Å². The molecule has 0 aliphatic carbocycles. The Kier molecular flexibility index (Phi) is 1.96. The Hall–Kier alpha value is -2.24. The molecule has 1 heterocycles. The van der Waals surface area contributed by atoms with Crippen LogP contribution < -0.4 is 20.5 Å². The second-order valence-corrected chi connectivity index (χ2v) is 3.14. The van der Waals surface area contributed by atoms with Gasteiger partial charge in [0.1, 0.15) is 11.1 Å². The molecule has 1 aromatic heterocycles. The van der Waals surface area contributed by atoms with Crippen LogP contribution in [0, 0.1) is 10.4 Å². The molecule has 0 spiro atoms. The van der Waals surface area contributed by atoms with Crippen LogP contribution in [0.2, 0.25) is 0 Å². The van der Waals surface area contributed by atoms with Gasteiger partial charge in [-0.05, 0) is 12.1 Å². The highest BCUT2D eigenvalue weighted by molar-refractivity contribution is 5.95. The molecule has 6 heteroatoms. The van der Waals surface area contributed by atoms with E-state index in [1.807, 2.05) is 0 Å². The summed E-state index contributed by atoms with van der Waals surface area (Å²) in [7, 11) is 1.71. The molecule has 0 radical (unpaired) electrons. The van der Waals surface area contributed by atoms with E-state index in [4.69, 9.17) is 5.73 Å². The Morgan fingerprint density at radius 3 is 2.73 bits per heavy atom. The molecule has 0 bridgehead atoms. The van der Waals surface area contributed by atoms with Gasteiger partial charge in [-0.2, -0.15) is 0 Å². The van der Waals surface area contributed by atoms with Gasteiger partial charge in [-0.25, -0.2) is 0 Å². The molecule has 0 saturated carbocycles. The number of rotatable bonds is 1. The molecular weight excluding hydrogens is 196 g/mol. The van der Waals surface area contributed by atoms with Crippen molar-refractivity contribution in [3.63, 3.8) is 0 Å². The highest BCUT2D eigenvalue weighted by Crippen LogP contribution is 2.23. The van der Waals surface area contributed by atoms with E-state index in [0.29, 0.717) is 31.7 Å². The number of hydrogen-bond donors (Lipinski definition) is 2. The largest absolute Gasteiger partial charge is 0.614 e. The Morgan fingerprint density at radius 1 is 1.33 bits per heavy atom. The first-order chi connectivity index (χ1) is 7.13. The fourth-order valence-corrected chi connectivity index (χ4v) is 1.54. The number of anilines is 2. The van der Waals surface area contributed by atoms with E-state index in [1.54, 1.807) is 19.2 Å². The third-order valence-corrected chi connectivity index (χ3v) is 2.21. The standard InChI is InChI=1S/C9H10N4O2/c1-11-8-3-2-7(10)9-6(8)4-12(14)5-13(9)15/h2-5,11H,10H2,1H3. The van der Waals surface area contributed by atoms with Crippen LogP contribution in [0.4, 0.5) is 11.4 Å². The summed E-state index contributed by atoms with van der Waals surface area (Å²) < 4.78 is 0.925. The first-order valence-corrected chi connectivity index (χ1v) is 4.35. The molecule has 15 heavy (non-hydrogen) atoms. The van der Waals surface area contributed by atoms with Crippen molar-refractivity contribution in [3.8, 4) is 0 Å². The molecule has 0 fully saturated rings. The molecule has 0 unspecified atom stereocenters. The molecule has 0 amide bonds. The fraction of sp³-hybridized carbons (Fsp3) is 0.111. The minimum Gasteiger partial charge on any atom is -0.614 e. The predicted molar refractivity (Wildman–Crippen MR) is 55.8 cm³/mol. The quantitative estimate of drug-likeness (QED) is 0.381. The number of nitrogens with one attached hydrogen (secondary N) is 1. The topological polar surface area (TPSA) is 91.9 Å². The van der Waals surface area contributed by atoms with Crippen molar-refractivity contribution in [2.45, 2.75) is 0 Å². The maximum absolute atomic E-state index is 11.5. The van der Waals surface area contributed by atoms with E-state index in [0.717, 1.165) is 6.33 Å². The van der Waals surface area contributed by atoms with Crippen molar-refractivity contribution in [1.82, 2.24) is 0 Å². The monoisotopic (exact) mass is 206 g/mol. The summed E-state index contributed by atoms with van der Waals surface area (Å²) in [6, 6.07) is 3.34. The van der Waals surface area contributed by atoms with Gasteiger partial charge in [0.2, 0.25) is 6.20 Å². The van der Waals surface area contributed by atoms with Gasteiger partial charge in [0.15, 0.2) is 0 Å². The van der Waals surface area contributed by atoms with Crippen LogP contribution in [0.25, 0.3) is 10.9 Å². The molecule has 0 saturated heterocycles. The van der Waals surface area contributed by atoms with Crippen molar-refractivity contribution in [1.29, 1.82) is 0 Å². The minimum atomic E-state index is 0.300. The summed E-state index contributed by atoms with van der Waals surface area (Å²) in [5.41, 5.74) is 7.01. The fourth-order valence-electron chi connectivity index (χ4n) is 1.54. The maximum atomic E-state index is 11.5. The lowest BCUT2D eigenvalue weighted by atomic mass is 10.2. The summed E-state index contributed by atoms with van der Waals surface area (Å²) in [6.07, 6.45) is 2.20. The Morgan fingerprint density at radius 2 is 2.07 bits per heavy atom. The minimum absolute atomic E-state index is 0.300. The summed E-state index contributed by atoms with van der Waals surface area (Å²) in [5.74, 6) is 0. The lowest BCUT2D eigenvalue weighted by Crippen LogP contribution is -2.41. The van der Waals surface area contributed by atoms with Crippen LogP contribution in [0.5, 0.6) is 0 Å². The third kappa shape index (κ3) is 1.35. The average Bonchev–Trinajstić information content (AvgIpc) is 2.17. The van der Waals surface area contributed by atoms with Gasteiger partial charge in [0.05, 0.1) is 5.69 Å². The van der Waals surface area contributed by atoms with E-state index in [1.165, 1.54) is 6.20 Å². The van der Waals surface area contributed by atoms with Gasteiger partial charge >= 0.3 is 6.33 Å². The Balaban J connectivity index is 2.93. The van der Waals surface area contributed by atoms with Crippen molar-refractivity contribution in [3.05, 3.63) is 35.1 Å². The van der Waals surface area contributed by atoms with Crippen LogP contribution in [0.15, 0.2) is 24.7 Å². The molecule has 2 rings (SSSR count). The van der Waals surface area contributed by atoms with Gasteiger partial charge in [-0.1, -0.05) is 0 Å². The Bertz CT molecular complexity index is 527. The average molecular weight is 206 g/mol. The van der Waals surface area contributed by atoms with E-state index < -0.39 is 0 Å². The number of fused-ring (bicyclic) bond motifs is 1. The van der Waals surface area contributed by atoms with Gasteiger partial charge < -0.3 is 21.5 Å². The summed E-state index contributed by atoms with van der Waals surface area (Å²) >= 11 is 0. The van der Waals surface area contributed by atoms with Gasteiger partial charge in [0.25, 0.3) is 5.52 Å². The predicted octanol–water partition coefficient (Wildman–Crippen LogP) is -0.270. The van der Waals surface area contributed by atoms with Gasteiger partial charge in [0, 0.05) is 7.05 Å². The molecule has 3 N–H and O–H groups in total. The van der Waals surface area contributed by atoms with Crippen LogP contribution in [-0.2, 0) is 0 Å². The SMILES string of the molecule is CNc1ccc(N)c2c1c[n+]([O-])c[n+]2[O-]. The third-order valence-electron chi connectivity index (χ3n) is 2.21. The first-order valence-electron chi connectivity index (χ1n) is 4.35. The van der Waals surface area contributed by atoms with Crippen LogP contribution in [0.1, 0.15) is 0 Å². The number of benzene rings is 1. The lowest BCUT2D eigenvalue weighted by molar-refractivity contribution is -0.730. The van der Waals surface area contributed by atoms with Crippen molar-refractivity contribution < 1.29 is 9.46 Å².